The Morgan fingerprint density at radius 1 is 1.25 bits per heavy atom. The van der Waals surface area contributed by atoms with Crippen LogP contribution in [-0.4, -0.2) is 26.1 Å². The van der Waals surface area contributed by atoms with Crippen molar-refractivity contribution in [3.05, 3.63) is 53.2 Å². The molecule has 0 unspecified atom stereocenters. The molecule has 28 heavy (non-hydrogen) atoms. The first-order chi connectivity index (χ1) is 13.5. The van der Waals surface area contributed by atoms with Crippen molar-refractivity contribution >= 4 is 49.7 Å². The maximum absolute atomic E-state index is 12.8. The van der Waals surface area contributed by atoms with Gasteiger partial charge in [0, 0.05) is 46.8 Å². The second-order valence-electron chi connectivity index (χ2n) is 6.51. The Hall–Kier alpha value is -2.42. The van der Waals surface area contributed by atoms with Crippen molar-refractivity contribution in [2.24, 2.45) is 5.73 Å². The average molecular weight is 418 g/mol. The predicted molar refractivity (Wildman–Crippen MR) is 113 cm³/mol. The van der Waals surface area contributed by atoms with Gasteiger partial charge in [0.25, 0.3) is 0 Å². The van der Waals surface area contributed by atoms with Crippen LogP contribution in [0.4, 0.5) is 8.78 Å². The fourth-order valence-electron chi connectivity index (χ4n) is 3.38. The lowest BCUT2D eigenvalue weighted by Gasteiger charge is -2.06. The maximum Gasteiger partial charge on any atom is 0.240 e. The highest BCUT2D eigenvalue weighted by Crippen LogP contribution is 2.38. The zero-order chi connectivity index (χ0) is 19.8. The molecular weight excluding hydrogens is 400 g/mol. The van der Waals surface area contributed by atoms with E-state index in [2.05, 4.69) is 4.98 Å². The number of nitrogens with zero attached hydrogens (tertiary/aromatic N) is 2. The maximum atomic E-state index is 12.8. The topological polar surface area (TPSA) is 64.1 Å². The summed E-state index contributed by atoms with van der Waals surface area (Å²) < 4.78 is 28.4. The quantitative estimate of drug-likeness (QED) is 0.447. The molecule has 0 atom stereocenters. The van der Waals surface area contributed by atoms with E-state index >= 15 is 0 Å². The van der Waals surface area contributed by atoms with Gasteiger partial charge in [-0.2, -0.15) is 0 Å². The van der Waals surface area contributed by atoms with E-state index in [1.807, 2.05) is 41.1 Å². The number of halogens is 2. The van der Waals surface area contributed by atoms with E-state index in [1.54, 1.807) is 5.51 Å². The van der Waals surface area contributed by atoms with Gasteiger partial charge in [0.05, 0.1) is 22.3 Å². The lowest BCUT2D eigenvalue weighted by Crippen LogP contribution is -2.09. The van der Waals surface area contributed by atoms with Crippen LogP contribution in [0.15, 0.2) is 42.0 Å². The van der Waals surface area contributed by atoms with Crippen LogP contribution in [-0.2, 0) is 13.2 Å². The van der Waals surface area contributed by atoms with Crippen molar-refractivity contribution in [3.8, 4) is 11.1 Å². The van der Waals surface area contributed by atoms with Gasteiger partial charge < -0.3 is 15.4 Å². The number of benzene rings is 2. The highest BCUT2D eigenvalue weighted by Gasteiger charge is 2.17. The third-order valence-electron chi connectivity index (χ3n) is 4.72. The molecule has 2 aromatic carbocycles. The van der Waals surface area contributed by atoms with E-state index in [9.17, 15) is 13.9 Å². The van der Waals surface area contributed by atoms with Crippen molar-refractivity contribution in [3.63, 3.8) is 0 Å². The normalized spacial score (nSPS) is 11.7. The van der Waals surface area contributed by atoms with Gasteiger partial charge in [0.2, 0.25) is 6.43 Å². The van der Waals surface area contributed by atoms with Crippen LogP contribution in [0.3, 0.4) is 0 Å². The van der Waals surface area contributed by atoms with Gasteiger partial charge in [-0.3, -0.25) is 0 Å². The Morgan fingerprint density at radius 2 is 2.07 bits per heavy atom. The standard InChI is InChI=1S/C20H17F2N3OS2/c21-18(22)3-4-25-8-15(13-2-1-11(9-26)5-17(13)25)14-6-12(20(23)27)7-16-19(14)28-10-24-16/h1-2,5-8,10,18,26H,3-4,9H2,(H2,23,27). The second-order valence-corrected chi connectivity index (χ2v) is 7.81. The van der Waals surface area contributed by atoms with E-state index in [1.165, 1.54) is 11.3 Å². The molecule has 4 rings (SSSR count). The molecule has 0 amide bonds. The van der Waals surface area contributed by atoms with Crippen LogP contribution in [0.25, 0.3) is 32.2 Å². The number of aromatic nitrogens is 2. The third-order valence-corrected chi connectivity index (χ3v) is 5.84. The molecular formula is C20H17F2N3OS2. The number of aryl methyl sites for hydroxylation is 1. The first kappa shape index (κ1) is 18.9. The van der Waals surface area contributed by atoms with E-state index < -0.39 is 6.43 Å². The fourth-order valence-corrected chi connectivity index (χ4v) is 4.30. The number of nitrogens with two attached hydrogens (primary N) is 1. The summed E-state index contributed by atoms with van der Waals surface area (Å²) in [7, 11) is 0. The predicted octanol–water partition coefficient (Wildman–Crippen LogP) is 4.70. The number of aliphatic hydroxyl groups excluding tert-OH is 1. The van der Waals surface area contributed by atoms with E-state index in [0.717, 1.165) is 37.8 Å². The zero-order valence-corrected chi connectivity index (χ0v) is 16.4. The molecule has 4 nitrogen and oxygen atoms in total. The number of thiocarbonyl (C=S) groups is 1. The lowest BCUT2D eigenvalue weighted by molar-refractivity contribution is 0.132. The molecule has 0 aliphatic heterocycles. The van der Waals surface area contributed by atoms with Gasteiger partial charge in [0.1, 0.15) is 4.99 Å². The van der Waals surface area contributed by atoms with Crippen molar-refractivity contribution < 1.29 is 13.9 Å². The van der Waals surface area contributed by atoms with Gasteiger partial charge >= 0.3 is 0 Å². The van der Waals surface area contributed by atoms with Crippen LogP contribution >= 0.6 is 23.6 Å². The van der Waals surface area contributed by atoms with Gasteiger partial charge in [-0.1, -0.05) is 24.4 Å². The highest BCUT2D eigenvalue weighted by atomic mass is 32.1. The Morgan fingerprint density at radius 3 is 2.79 bits per heavy atom. The molecule has 0 saturated heterocycles. The summed E-state index contributed by atoms with van der Waals surface area (Å²) >= 11 is 6.66. The smallest absolute Gasteiger partial charge is 0.240 e. The number of hydrogen-bond donors (Lipinski definition) is 2. The number of aliphatic hydroxyl groups is 1. The molecule has 144 valence electrons. The third kappa shape index (κ3) is 3.39. The summed E-state index contributed by atoms with van der Waals surface area (Å²) in [6, 6.07) is 9.37. The number of hydrogen-bond acceptors (Lipinski definition) is 4. The number of thiazole rings is 1. The first-order valence-corrected chi connectivity index (χ1v) is 9.95. The van der Waals surface area contributed by atoms with E-state index in [-0.39, 0.29) is 24.6 Å². The zero-order valence-electron chi connectivity index (χ0n) is 14.7. The van der Waals surface area contributed by atoms with Crippen molar-refractivity contribution in [2.75, 3.05) is 0 Å². The SMILES string of the molecule is NC(=S)c1cc(-c2cn(CCC(F)F)c3cc(CO)ccc23)c2scnc2c1. The highest BCUT2D eigenvalue weighted by molar-refractivity contribution is 7.80. The van der Waals surface area contributed by atoms with Crippen molar-refractivity contribution in [1.29, 1.82) is 0 Å². The first-order valence-electron chi connectivity index (χ1n) is 8.66. The molecule has 2 heterocycles. The number of alkyl halides is 2. The second kappa shape index (κ2) is 7.54. The van der Waals surface area contributed by atoms with Gasteiger partial charge in [0.15, 0.2) is 0 Å². The molecule has 0 aliphatic carbocycles. The molecule has 8 heteroatoms. The molecule has 3 N–H and O–H groups in total. The van der Waals surface area contributed by atoms with Crippen LogP contribution in [0.1, 0.15) is 17.5 Å². The van der Waals surface area contributed by atoms with Crippen LogP contribution < -0.4 is 5.73 Å². The van der Waals surface area contributed by atoms with Gasteiger partial charge in [-0.15, -0.1) is 11.3 Å². The van der Waals surface area contributed by atoms with Crippen molar-refractivity contribution in [2.45, 2.75) is 26.0 Å². The molecule has 0 bridgehead atoms. The molecule has 0 saturated carbocycles. The monoisotopic (exact) mass is 417 g/mol. The molecule has 0 aliphatic rings. The summed E-state index contributed by atoms with van der Waals surface area (Å²) in [5.74, 6) is 0. The van der Waals surface area contributed by atoms with Gasteiger partial charge in [-0.05, 0) is 23.8 Å². The Kier molecular flexibility index (Phi) is 5.09. The summed E-state index contributed by atoms with van der Waals surface area (Å²) in [4.78, 5) is 4.66. The Labute approximate surface area is 169 Å². The summed E-state index contributed by atoms with van der Waals surface area (Å²) in [5, 5.41) is 10.4. The lowest BCUT2D eigenvalue weighted by atomic mass is 10.0. The Bertz CT molecular complexity index is 1180. The minimum atomic E-state index is -2.38. The Balaban J connectivity index is 1.97. The summed E-state index contributed by atoms with van der Waals surface area (Å²) in [6.45, 7) is 0.0746. The van der Waals surface area contributed by atoms with Crippen LogP contribution in [0, 0.1) is 0 Å². The van der Waals surface area contributed by atoms with E-state index in [4.69, 9.17) is 18.0 Å². The largest absolute Gasteiger partial charge is 0.392 e. The molecule has 0 radical (unpaired) electrons. The van der Waals surface area contributed by atoms with Gasteiger partial charge in [-0.25, -0.2) is 13.8 Å². The van der Waals surface area contributed by atoms with Crippen molar-refractivity contribution in [1.82, 2.24) is 9.55 Å². The molecule has 4 aromatic rings. The number of rotatable bonds is 6. The van der Waals surface area contributed by atoms with Crippen LogP contribution in [0.5, 0.6) is 0 Å². The number of fused-ring (bicyclic) bond motifs is 2. The minimum absolute atomic E-state index is 0.110. The van der Waals surface area contributed by atoms with E-state index in [0.29, 0.717) is 5.56 Å². The molecule has 0 spiro atoms. The average Bonchev–Trinajstić information content (AvgIpc) is 3.29. The fraction of sp³-hybridized carbons (Fsp3) is 0.200. The molecule has 2 aromatic heterocycles. The minimum Gasteiger partial charge on any atom is -0.392 e. The summed E-state index contributed by atoms with van der Waals surface area (Å²) in [6.07, 6.45) is -0.741. The summed E-state index contributed by atoms with van der Waals surface area (Å²) in [5.41, 5.74) is 12.5. The molecule has 0 fully saturated rings. The van der Waals surface area contributed by atoms with Crippen LogP contribution in [0.2, 0.25) is 0 Å².